The first-order valence-corrected chi connectivity index (χ1v) is 9.56. The Morgan fingerprint density at radius 2 is 1.87 bits per heavy atom. The maximum Gasteiger partial charge on any atom is 0.348 e. The van der Waals surface area contributed by atoms with Gasteiger partial charge in [-0.2, -0.15) is 0 Å². The molecule has 2 rings (SSSR count). The molecule has 0 amide bonds. The Bertz CT molecular complexity index is 655. The normalized spacial score (nSPS) is 12.7. The van der Waals surface area contributed by atoms with Gasteiger partial charge in [-0.15, -0.1) is 11.3 Å². The van der Waals surface area contributed by atoms with E-state index in [0.29, 0.717) is 30.3 Å². The lowest BCUT2D eigenvalue weighted by Gasteiger charge is -2.19. The van der Waals surface area contributed by atoms with Crippen LogP contribution in [0.5, 0.6) is 0 Å². The topological polar surface area (TPSA) is 44.8 Å². The Labute approximate surface area is 140 Å². The van der Waals surface area contributed by atoms with E-state index in [-0.39, 0.29) is 5.97 Å². The molecular weight excluding hydrogens is 338 g/mol. The molecule has 1 atom stereocenters. The van der Waals surface area contributed by atoms with Crippen molar-refractivity contribution >= 4 is 35.8 Å². The minimum absolute atomic E-state index is 0.331. The fourth-order valence-electron chi connectivity index (χ4n) is 2.06. The number of fused-ring (bicyclic) bond motifs is 1. The summed E-state index contributed by atoms with van der Waals surface area (Å²) in [6.07, 6.45) is 0. The van der Waals surface area contributed by atoms with Crippen LogP contribution in [0, 0.1) is 0 Å². The Kier molecular flexibility index (Phi) is 6.90. The number of rotatable bonds is 8. The van der Waals surface area contributed by atoms with Crippen molar-refractivity contribution in [3.8, 4) is 0 Å². The monoisotopic (exact) mass is 358 g/mol. The second-order valence-electron chi connectivity index (χ2n) is 4.59. The average molecular weight is 358 g/mol. The first kappa shape index (κ1) is 18.3. The number of carbonyl (C=O) groups is 1. The number of ether oxygens (including phenoxy) is 1. The molecule has 0 fully saturated rings. The van der Waals surface area contributed by atoms with Crippen LogP contribution >= 0.6 is 19.7 Å². The van der Waals surface area contributed by atoms with E-state index in [0.717, 1.165) is 10.1 Å². The smallest absolute Gasteiger partial charge is 0.348 e. The van der Waals surface area contributed by atoms with Crippen molar-refractivity contribution in [2.75, 3.05) is 19.8 Å². The van der Waals surface area contributed by atoms with Crippen LogP contribution in [0.25, 0.3) is 10.1 Å². The lowest BCUT2D eigenvalue weighted by atomic mass is 10.2. The largest absolute Gasteiger partial charge is 0.462 e. The van der Waals surface area contributed by atoms with Gasteiger partial charge in [0.1, 0.15) is 4.88 Å². The predicted octanol–water partition coefficient (Wildman–Crippen LogP) is 5.43. The Morgan fingerprint density at radius 1 is 1.17 bits per heavy atom. The van der Waals surface area contributed by atoms with Gasteiger partial charge >= 0.3 is 5.97 Å². The highest BCUT2D eigenvalue weighted by Crippen LogP contribution is 2.54. The van der Waals surface area contributed by atoms with Crippen molar-refractivity contribution in [2.45, 2.75) is 26.7 Å². The third-order valence-corrected chi connectivity index (χ3v) is 5.78. The lowest BCUT2D eigenvalue weighted by Crippen LogP contribution is -2.01. The highest BCUT2D eigenvalue weighted by atomic mass is 32.1. The van der Waals surface area contributed by atoms with E-state index in [4.69, 9.17) is 13.8 Å². The standard InChI is InChI=1S/C16H20FO4PS/c1-4-19-16(18)14-10-12-9-11(7-8-13(12)23-14)15(17)22(20-5-2)21-6-3/h7-10,15H,4-6H2,1-3H3. The molecule has 0 N–H and O–H groups in total. The van der Waals surface area contributed by atoms with Gasteiger partial charge < -0.3 is 13.8 Å². The fourth-order valence-corrected chi connectivity index (χ4v) is 4.24. The Hall–Kier alpha value is -1.07. The number of alkyl halides is 1. The summed E-state index contributed by atoms with van der Waals surface area (Å²) in [6, 6.07) is 7.01. The summed E-state index contributed by atoms with van der Waals surface area (Å²) in [4.78, 5) is 12.3. The minimum atomic E-state index is -1.62. The van der Waals surface area contributed by atoms with Gasteiger partial charge in [-0.25, -0.2) is 9.18 Å². The summed E-state index contributed by atoms with van der Waals surface area (Å²) in [5, 5.41) is 0.821. The Balaban J connectivity index is 2.26. The molecule has 1 aromatic carbocycles. The highest BCUT2D eigenvalue weighted by Gasteiger charge is 2.25. The zero-order valence-electron chi connectivity index (χ0n) is 13.4. The summed E-state index contributed by atoms with van der Waals surface area (Å²) in [5.41, 5.74) is 0.499. The molecule has 0 aliphatic carbocycles. The summed E-state index contributed by atoms with van der Waals surface area (Å²) in [6.45, 7) is 6.53. The van der Waals surface area contributed by atoms with Crippen LogP contribution in [0.4, 0.5) is 4.39 Å². The van der Waals surface area contributed by atoms with Gasteiger partial charge in [0.05, 0.1) is 19.8 Å². The number of benzene rings is 1. The highest BCUT2D eigenvalue weighted by molar-refractivity contribution is 7.47. The zero-order valence-corrected chi connectivity index (χ0v) is 15.1. The summed E-state index contributed by atoms with van der Waals surface area (Å²) in [7, 11) is -1.62. The average Bonchev–Trinajstić information content (AvgIpc) is 2.97. The molecule has 0 bridgehead atoms. The molecule has 4 nitrogen and oxygen atoms in total. The molecular formula is C16H20FO4PS. The second-order valence-corrected chi connectivity index (χ2v) is 7.21. The van der Waals surface area contributed by atoms with Crippen molar-refractivity contribution in [1.82, 2.24) is 0 Å². The molecule has 0 saturated carbocycles. The van der Waals surface area contributed by atoms with Gasteiger partial charge in [0, 0.05) is 4.70 Å². The first-order valence-electron chi connectivity index (χ1n) is 7.50. The fraction of sp³-hybridized carbons (Fsp3) is 0.438. The van der Waals surface area contributed by atoms with Gasteiger partial charge in [-0.3, -0.25) is 0 Å². The van der Waals surface area contributed by atoms with E-state index in [1.54, 1.807) is 25.1 Å². The van der Waals surface area contributed by atoms with E-state index >= 15 is 0 Å². The second kappa shape index (κ2) is 8.69. The molecule has 126 valence electrons. The van der Waals surface area contributed by atoms with Crippen molar-refractivity contribution in [3.63, 3.8) is 0 Å². The van der Waals surface area contributed by atoms with Crippen LogP contribution in [-0.2, 0) is 13.8 Å². The molecule has 0 aliphatic rings. The molecule has 0 aliphatic heterocycles. The first-order chi connectivity index (χ1) is 11.1. The predicted molar refractivity (Wildman–Crippen MR) is 91.8 cm³/mol. The van der Waals surface area contributed by atoms with Gasteiger partial charge in [0.15, 0.2) is 5.91 Å². The summed E-state index contributed by atoms with van der Waals surface area (Å²) in [5.74, 6) is -1.67. The molecule has 23 heavy (non-hydrogen) atoms. The van der Waals surface area contributed by atoms with Crippen LogP contribution < -0.4 is 0 Å². The summed E-state index contributed by atoms with van der Waals surface area (Å²) < 4.78 is 31.4. The van der Waals surface area contributed by atoms with Crippen LogP contribution in [0.1, 0.15) is 41.9 Å². The van der Waals surface area contributed by atoms with Crippen LogP contribution in [0.3, 0.4) is 0 Å². The molecule has 0 spiro atoms. The van der Waals surface area contributed by atoms with Crippen molar-refractivity contribution in [3.05, 3.63) is 34.7 Å². The zero-order chi connectivity index (χ0) is 16.8. The lowest BCUT2D eigenvalue weighted by molar-refractivity contribution is 0.0532. The molecule has 0 saturated heterocycles. The van der Waals surface area contributed by atoms with Crippen molar-refractivity contribution in [2.24, 2.45) is 0 Å². The van der Waals surface area contributed by atoms with E-state index in [1.165, 1.54) is 11.3 Å². The molecule has 2 aromatic rings. The minimum Gasteiger partial charge on any atom is -0.462 e. The molecule has 7 heteroatoms. The molecule has 1 unspecified atom stereocenters. The van der Waals surface area contributed by atoms with Crippen molar-refractivity contribution in [1.29, 1.82) is 0 Å². The number of hydrogen-bond donors (Lipinski definition) is 0. The van der Waals surface area contributed by atoms with Gasteiger partial charge in [-0.1, -0.05) is 6.07 Å². The number of thiophene rings is 1. The van der Waals surface area contributed by atoms with Crippen LogP contribution in [-0.4, -0.2) is 25.8 Å². The van der Waals surface area contributed by atoms with Crippen molar-refractivity contribution < 1.29 is 23.0 Å². The number of halogens is 1. The maximum absolute atomic E-state index is 14.7. The van der Waals surface area contributed by atoms with Gasteiger partial charge in [0.25, 0.3) is 0 Å². The van der Waals surface area contributed by atoms with Gasteiger partial charge in [-0.05, 0) is 49.9 Å². The van der Waals surface area contributed by atoms with E-state index in [1.807, 2.05) is 19.9 Å². The third kappa shape index (κ3) is 4.48. The van der Waals surface area contributed by atoms with E-state index in [2.05, 4.69) is 0 Å². The summed E-state index contributed by atoms with van der Waals surface area (Å²) >= 11 is 1.34. The number of carbonyl (C=O) groups excluding carboxylic acids is 1. The SMILES string of the molecule is CCOC(=O)c1cc2cc(C(F)P(OCC)OCC)ccc2s1. The maximum atomic E-state index is 14.7. The number of hydrogen-bond acceptors (Lipinski definition) is 5. The third-order valence-electron chi connectivity index (χ3n) is 2.99. The Morgan fingerprint density at radius 3 is 2.48 bits per heavy atom. The van der Waals surface area contributed by atoms with E-state index < -0.39 is 14.3 Å². The molecule has 1 heterocycles. The molecule has 0 radical (unpaired) electrons. The number of esters is 1. The van der Waals surface area contributed by atoms with Gasteiger partial charge in [0.2, 0.25) is 8.38 Å². The quantitative estimate of drug-likeness (QED) is 0.466. The molecule has 1 aromatic heterocycles. The van der Waals surface area contributed by atoms with E-state index in [9.17, 15) is 9.18 Å². The van der Waals surface area contributed by atoms with Crippen LogP contribution in [0.15, 0.2) is 24.3 Å². The van der Waals surface area contributed by atoms with Crippen LogP contribution in [0.2, 0.25) is 0 Å².